The number of carboxylic acids is 1. The highest BCUT2D eigenvalue weighted by Gasteiger charge is 2.16. The van der Waals surface area contributed by atoms with Crippen LogP contribution in [0.4, 0.5) is 0 Å². The Morgan fingerprint density at radius 1 is 1.07 bits per heavy atom. The topological polar surface area (TPSA) is 84.9 Å². The lowest BCUT2D eigenvalue weighted by Crippen LogP contribution is -2.26. The van der Waals surface area contributed by atoms with Crippen LogP contribution in [0.25, 0.3) is 0 Å². The molecule has 0 spiro atoms. The van der Waals surface area contributed by atoms with Crippen molar-refractivity contribution in [1.82, 2.24) is 5.32 Å². The van der Waals surface area contributed by atoms with Gasteiger partial charge in [0.2, 0.25) is 0 Å². The Balaban J connectivity index is 1.58. The molecule has 142 valence electrons. The standard InChI is InChI=1S/C21H23NO5/c23-20(22-13-15-5-7-16(8-6-15)21(24)25)19-4-2-1-3-17(19)14-27-18-9-11-26-12-10-18/h1-8,18H,9-14H2,(H,22,23)(H,24,25). The number of ether oxygens (including phenoxy) is 2. The summed E-state index contributed by atoms with van der Waals surface area (Å²) in [6.45, 7) is 2.15. The largest absolute Gasteiger partial charge is 0.478 e. The summed E-state index contributed by atoms with van der Waals surface area (Å²) in [5.41, 5.74) is 2.50. The lowest BCUT2D eigenvalue weighted by molar-refractivity contribution is -0.0392. The van der Waals surface area contributed by atoms with E-state index in [2.05, 4.69) is 5.32 Å². The molecule has 6 nitrogen and oxygen atoms in total. The second-order valence-corrected chi connectivity index (χ2v) is 6.46. The highest BCUT2D eigenvalue weighted by Crippen LogP contribution is 2.16. The summed E-state index contributed by atoms with van der Waals surface area (Å²) in [5, 5.41) is 11.8. The minimum atomic E-state index is -0.968. The van der Waals surface area contributed by atoms with Gasteiger partial charge in [-0.15, -0.1) is 0 Å². The van der Waals surface area contributed by atoms with E-state index in [1.807, 2.05) is 18.2 Å². The summed E-state index contributed by atoms with van der Waals surface area (Å²) in [5.74, 6) is -1.15. The van der Waals surface area contributed by atoms with Gasteiger partial charge in [0, 0.05) is 25.3 Å². The highest BCUT2D eigenvalue weighted by atomic mass is 16.5. The summed E-state index contributed by atoms with van der Waals surface area (Å²) in [6, 6.07) is 13.9. The van der Waals surface area contributed by atoms with Crippen molar-refractivity contribution < 1.29 is 24.2 Å². The molecule has 0 atom stereocenters. The number of nitrogens with one attached hydrogen (secondary N) is 1. The molecule has 0 aromatic heterocycles. The summed E-state index contributed by atoms with van der Waals surface area (Å²) < 4.78 is 11.3. The number of carbonyl (C=O) groups excluding carboxylic acids is 1. The fraction of sp³-hybridized carbons (Fsp3) is 0.333. The van der Waals surface area contributed by atoms with Crippen molar-refractivity contribution in [2.75, 3.05) is 13.2 Å². The molecule has 1 aliphatic heterocycles. The molecule has 1 saturated heterocycles. The molecule has 0 unspecified atom stereocenters. The van der Waals surface area contributed by atoms with Crippen molar-refractivity contribution in [3.63, 3.8) is 0 Å². The molecule has 0 saturated carbocycles. The number of carbonyl (C=O) groups is 2. The Labute approximate surface area is 158 Å². The van der Waals surface area contributed by atoms with Crippen molar-refractivity contribution in [2.24, 2.45) is 0 Å². The molecule has 1 heterocycles. The molecule has 3 rings (SSSR count). The van der Waals surface area contributed by atoms with E-state index in [1.54, 1.807) is 18.2 Å². The molecule has 1 aliphatic rings. The van der Waals surface area contributed by atoms with Crippen molar-refractivity contribution in [2.45, 2.75) is 32.1 Å². The average molecular weight is 369 g/mol. The lowest BCUT2D eigenvalue weighted by atomic mass is 10.1. The normalized spacial score (nSPS) is 14.7. The number of amides is 1. The summed E-state index contributed by atoms with van der Waals surface area (Å²) in [7, 11) is 0. The van der Waals surface area contributed by atoms with Crippen LogP contribution in [0.1, 0.15) is 44.7 Å². The van der Waals surface area contributed by atoms with Gasteiger partial charge in [0.05, 0.1) is 18.3 Å². The number of carboxylic acid groups (broad SMARTS) is 1. The molecule has 1 fully saturated rings. The van der Waals surface area contributed by atoms with E-state index in [0.29, 0.717) is 31.9 Å². The molecular weight excluding hydrogens is 346 g/mol. The second-order valence-electron chi connectivity index (χ2n) is 6.46. The van der Waals surface area contributed by atoms with Crippen LogP contribution in [-0.2, 0) is 22.6 Å². The second kappa shape index (κ2) is 9.30. The van der Waals surface area contributed by atoms with Crippen LogP contribution in [0.3, 0.4) is 0 Å². The third-order valence-electron chi connectivity index (χ3n) is 4.56. The summed E-state index contributed by atoms with van der Waals surface area (Å²) in [6.07, 6.45) is 1.92. The molecule has 0 bridgehead atoms. The van der Waals surface area contributed by atoms with E-state index < -0.39 is 5.97 Å². The van der Waals surface area contributed by atoms with Gasteiger partial charge in [0.15, 0.2) is 0 Å². The van der Waals surface area contributed by atoms with Crippen LogP contribution in [-0.4, -0.2) is 36.3 Å². The van der Waals surface area contributed by atoms with Gasteiger partial charge in [-0.1, -0.05) is 30.3 Å². The van der Waals surface area contributed by atoms with Gasteiger partial charge in [-0.2, -0.15) is 0 Å². The Morgan fingerprint density at radius 2 is 1.78 bits per heavy atom. The maximum atomic E-state index is 12.6. The number of benzene rings is 2. The van der Waals surface area contributed by atoms with E-state index in [0.717, 1.165) is 24.0 Å². The number of rotatable bonds is 7. The molecule has 2 aromatic rings. The minimum Gasteiger partial charge on any atom is -0.478 e. The number of hydrogen-bond acceptors (Lipinski definition) is 4. The van der Waals surface area contributed by atoms with E-state index in [-0.39, 0.29) is 17.6 Å². The maximum Gasteiger partial charge on any atom is 0.335 e. The van der Waals surface area contributed by atoms with Crippen LogP contribution < -0.4 is 5.32 Å². The van der Waals surface area contributed by atoms with Crippen LogP contribution in [0.2, 0.25) is 0 Å². The molecule has 2 N–H and O–H groups in total. The number of hydrogen-bond donors (Lipinski definition) is 2. The third-order valence-corrected chi connectivity index (χ3v) is 4.56. The van der Waals surface area contributed by atoms with E-state index in [1.165, 1.54) is 12.1 Å². The Morgan fingerprint density at radius 3 is 2.48 bits per heavy atom. The van der Waals surface area contributed by atoms with E-state index in [9.17, 15) is 9.59 Å². The Bertz CT molecular complexity index is 781. The van der Waals surface area contributed by atoms with Gasteiger partial charge in [0.25, 0.3) is 5.91 Å². The zero-order valence-electron chi connectivity index (χ0n) is 15.0. The smallest absolute Gasteiger partial charge is 0.335 e. The molecule has 1 amide bonds. The van der Waals surface area contributed by atoms with Crippen LogP contribution >= 0.6 is 0 Å². The van der Waals surface area contributed by atoms with Gasteiger partial charge in [-0.05, 0) is 42.2 Å². The van der Waals surface area contributed by atoms with Gasteiger partial charge in [-0.3, -0.25) is 4.79 Å². The van der Waals surface area contributed by atoms with Gasteiger partial charge in [0.1, 0.15) is 0 Å². The maximum absolute atomic E-state index is 12.6. The quantitative estimate of drug-likeness (QED) is 0.784. The van der Waals surface area contributed by atoms with Crippen molar-refractivity contribution in [3.05, 3.63) is 70.8 Å². The van der Waals surface area contributed by atoms with E-state index in [4.69, 9.17) is 14.6 Å². The lowest BCUT2D eigenvalue weighted by Gasteiger charge is -2.23. The Kier molecular flexibility index (Phi) is 6.57. The minimum absolute atomic E-state index is 0.169. The predicted molar refractivity (Wildman–Crippen MR) is 99.6 cm³/mol. The predicted octanol–water partition coefficient (Wildman–Crippen LogP) is 3.01. The zero-order chi connectivity index (χ0) is 19.1. The highest BCUT2D eigenvalue weighted by molar-refractivity contribution is 5.95. The number of aromatic carboxylic acids is 1. The fourth-order valence-corrected chi connectivity index (χ4v) is 2.96. The summed E-state index contributed by atoms with van der Waals surface area (Å²) >= 11 is 0. The van der Waals surface area contributed by atoms with Crippen molar-refractivity contribution in [1.29, 1.82) is 0 Å². The first-order valence-corrected chi connectivity index (χ1v) is 9.01. The first-order valence-electron chi connectivity index (χ1n) is 9.01. The first kappa shape index (κ1) is 19.1. The van der Waals surface area contributed by atoms with E-state index >= 15 is 0 Å². The van der Waals surface area contributed by atoms with Crippen LogP contribution in [0.15, 0.2) is 48.5 Å². The van der Waals surface area contributed by atoms with Gasteiger partial charge < -0.3 is 19.9 Å². The molecule has 0 aliphatic carbocycles. The first-order chi connectivity index (χ1) is 13.1. The van der Waals surface area contributed by atoms with Gasteiger partial charge >= 0.3 is 5.97 Å². The van der Waals surface area contributed by atoms with Crippen molar-refractivity contribution >= 4 is 11.9 Å². The average Bonchev–Trinajstić information content (AvgIpc) is 2.71. The van der Waals surface area contributed by atoms with Crippen molar-refractivity contribution in [3.8, 4) is 0 Å². The molecule has 2 aromatic carbocycles. The molecule has 6 heteroatoms. The summed E-state index contributed by atoms with van der Waals surface area (Å²) in [4.78, 5) is 23.5. The van der Waals surface area contributed by atoms with Crippen LogP contribution in [0.5, 0.6) is 0 Å². The Hall–Kier alpha value is -2.70. The zero-order valence-corrected chi connectivity index (χ0v) is 15.0. The van der Waals surface area contributed by atoms with Crippen LogP contribution in [0, 0.1) is 0 Å². The SMILES string of the molecule is O=C(O)c1ccc(CNC(=O)c2ccccc2COC2CCOCC2)cc1. The molecular formula is C21H23NO5. The molecule has 0 radical (unpaired) electrons. The molecule has 27 heavy (non-hydrogen) atoms. The monoisotopic (exact) mass is 369 g/mol. The fourth-order valence-electron chi connectivity index (χ4n) is 2.96. The van der Waals surface area contributed by atoms with Gasteiger partial charge in [-0.25, -0.2) is 4.79 Å². The third kappa shape index (κ3) is 5.39.